The molecule has 2 rings (SSSR count). The first-order valence-electron chi connectivity index (χ1n) is 4.48. The van der Waals surface area contributed by atoms with Gasteiger partial charge >= 0.3 is 0 Å². The topological polar surface area (TPSA) is 28.7 Å². The van der Waals surface area contributed by atoms with Crippen LogP contribution in [0.1, 0.15) is 5.56 Å². The highest BCUT2D eigenvalue weighted by Gasteiger charge is 2.02. The van der Waals surface area contributed by atoms with Crippen LogP contribution in [0.3, 0.4) is 0 Å². The van der Waals surface area contributed by atoms with Crippen LogP contribution in [0.25, 0.3) is 11.1 Å². The second-order valence-electron chi connectivity index (χ2n) is 3.29. The van der Waals surface area contributed by atoms with Gasteiger partial charge in [0.15, 0.2) is 0 Å². The Morgan fingerprint density at radius 1 is 1.33 bits per heavy atom. The third kappa shape index (κ3) is 2.10. The van der Waals surface area contributed by atoms with E-state index in [0.29, 0.717) is 4.64 Å². The molecule has 0 spiro atoms. The van der Waals surface area contributed by atoms with Gasteiger partial charge in [0.25, 0.3) is 0 Å². The summed E-state index contributed by atoms with van der Waals surface area (Å²) in [6.07, 6.45) is 1.68. The minimum atomic E-state index is -0.231. The minimum Gasteiger partial charge on any atom is -0.268 e. The van der Waals surface area contributed by atoms with Gasteiger partial charge in [-0.3, -0.25) is 5.10 Å². The van der Waals surface area contributed by atoms with Crippen molar-refractivity contribution in [3.05, 3.63) is 46.5 Å². The van der Waals surface area contributed by atoms with Crippen LogP contribution in [0.4, 0.5) is 4.39 Å². The van der Waals surface area contributed by atoms with E-state index < -0.39 is 0 Å². The van der Waals surface area contributed by atoms with Gasteiger partial charge in [-0.25, -0.2) is 4.39 Å². The first-order valence-corrected chi connectivity index (χ1v) is 4.89. The number of aryl methyl sites for hydroxylation is 1. The quantitative estimate of drug-likeness (QED) is 0.747. The maximum atomic E-state index is 12.9. The Kier molecular flexibility index (Phi) is 2.60. The SMILES string of the molecule is Cc1cc(F)ccc1-c1cn[nH]c(=S)c1. The molecular formula is C11H9FN2S. The zero-order chi connectivity index (χ0) is 10.8. The van der Waals surface area contributed by atoms with Gasteiger partial charge < -0.3 is 0 Å². The van der Waals surface area contributed by atoms with Gasteiger partial charge in [0.1, 0.15) is 10.5 Å². The number of rotatable bonds is 1. The van der Waals surface area contributed by atoms with Crippen LogP contribution < -0.4 is 0 Å². The van der Waals surface area contributed by atoms with E-state index in [1.807, 2.05) is 13.0 Å². The summed E-state index contributed by atoms with van der Waals surface area (Å²) in [5, 5.41) is 6.56. The summed E-state index contributed by atoms with van der Waals surface area (Å²) in [6.45, 7) is 1.86. The van der Waals surface area contributed by atoms with Crippen LogP contribution in [0.15, 0.2) is 30.5 Å². The number of hydrogen-bond donors (Lipinski definition) is 1. The highest BCUT2D eigenvalue weighted by molar-refractivity contribution is 7.71. The predicted octanol–water partition coefficient (Wildman–Crippen LogP) is 3.25. The van der Waals surface area contributed by atoms with Crippen molar-refractivity contribution in [2.75, 3.05) is 0 Å². The standard InChI is InChI=1S/C11H9FN2S/c1-7-4-9(12)2-3-10(7)8-5-11(15)14-13-6-8/h2-6H,1H3,(H,14,15). The summed E-state index contributed by atoms with van der Waals surface area (Å²) in [5.41, 5.74) is 2.72. The molecule has 0 atom stereocenters. The van der Waals surface area contributed by atoms with Gasteiger partial charge in [-0.1, -0.05) is 18.3 Å². The average molecular weight is 220 g/mol. The molecule has 0 fully saturated rings. The predicted molar refractivity (Wildman–Crippen MR) is 59.6 cm³/mol. The largest absolute Gasteiger partial charge is 0.268 e. The monoisotopic (exact) mass is 220 g/mol. The van der Waals surface area contributed by atoms with E-state index in [0.717, 1.165) is 16.7 Å². The van der Waals surface area contributed by atoms with E-state index in [2.05, 4.69) is 10.2 Å². The molecule has 1 N–H and O–H groups in total. The molecule has 0 amide bonds. The molecule has 0 radical (unpaired) electrons. The fourth-order valence-corrected chi connectivity index (χ4v) is 1.65. The van der Waals surface area contributed by atoms with Crippen molar-refractivity contribution in [3.8, 4) is 11.1 Å². The fourth-order valence-electron chi connectivity index (χ4n) is 1.47. The number of benzene rings is 1. The molecule has 0 aliphatic carbocycles. The number of nitrogens with one attached hydrogen (secondary N) is 1. The van der Waals surface area contributed by atoms with E-state index in [-0.39, 0.29) is 5.82 Å². The first kappa shape index (κ1) is 9.98. The van der Waals surface area contributed by atoms with E-state index in [9.17, 15) is 4.39 Å². The lowest BCUT2D eigenvalue weighted by Crippen LogP contribution is -1.88. The zero-order valence-corrected chi connectivity index (χ0v) is 8.94. The van der Waals surface area contributed by atoms with Gasteiger partial charge in [-0.05, 0) is 36.2 Å². The smallest absolute Gasteiger partial charge is 0.123 e. The highest BCUT2D eigenvalue weighted by Crippen LogP contribution is 2.22. The van der Waals surface area contributed by atoms with Crippen molar-refractivity contribution >= 4 is 12.2 Å². The Morgan fingerprint density at radius 2 is 2.13 bits per heavy atom. The number of halogens is 1. The van der Waals surface area contributed by atoms with Crippen LogP contribution in [0.5, 0.6) is 0 Å². The maximum absolute atomic E-state index is 12.9. The molecular weight excluding hydrogens is 211 g/mol. The van der Waals surface area contributed by atoms with Gasteiger partial charge in [0.2, 0.25) is 0 Å². The molecule has 0 saturated carbocycles. The van der Waals surface area contributed by atoms with Crippen LogP contribution in [0, 0.1) is 17.4 Å². The Morgan fingerprint density at radius 3 is 2.80 bits per heavy atom. The second kappa shape index (κ2) is 3.90. The molecule has 0 unspecified atom stereocenters. The van der Waals surface area contributed by atoms with Crippen molar-refractivity contribution < 1.29 is 4.39 Å². The Bertz CT molecular complexity index is 548. The van der Waals surface area contributed by atoms with Crippen molar-refractivity contribution in [2.45, 2.75) is 6.92 Å². The molecule has 0 bridgehead atoms. The fraction of sp³-hybridized carbons (Fsp3) is 0.0909. The summed E-state index contributed by atoms with van der Waals surface area (Å²) in [5.74, 6) is -0.231. The van der Waals surface area contributed by atoms with Crippen molar-refractivity contribution in [1.82, 2.24) is 10.2 Å². The first-order chi connectivity index (χ1) is 7.16. The number of aromatic amines is 1. The van der Waals surface area contributed by atoms with Gasteiger partial charge in [0, 0.05) is 5.56 Å². The van der Waals surface area contributed by atoms with Crippen LogP contribution in [0.2, 0.25) is 0 Å². The van der Waals surface area contributed by atoms with Crippen LogP contribution >= 0.6 is 12.2 Å². The molecule has 76 valence electrons. The summed E-state index contributed by atoms with van der Waals surface area (Å²) in [6, 6.07) is 6.47. The number of nitrogens with zero attached hydrogens (tertiary/aromatic N) is 1. The van der Waals surface area contributed by atoms with E-state index in [1.165, 1.54) is 12.1 Å². The summed E-state index contributed by atoms with van der Waals surface area (Å²) in [4.78, 5) is 0. The van der Waals surface area contributed by atoms with Crippen molar-refractivity contribution in [1.29, 1.82) is 0 Å². The molecule has 0 saturated heterocycles. The van der Waals surface area contributed by atoms with Gasteiger partial charge in [-0.2, -0.15) is 5.10 Å². The molecule has 15 heavy (non-hydrogen) atoms. The third-order valence-electron chi connectivity index (χ3n) is 2.16. The lowest BCUT2D eigenvalue weighted by atomic mass is 10.0. The zero-order valence-electron chi connectivity index (χ0n) is 8.12. The van der Waals surface area contributed by atoms with Crippen LogP contribution in [-0.2, 0) is 0 Å². The second-order valence-corrected chi connectivity index (χ2v) is 3.73. The maximum Gasteiger partial charge on any atom is 0.123 e. The summed E-state index contributed by atoms with van der Waals surface area (Å²) in [7, 11) is 0. The summed E-state index contributed by atoms with van der Waals surface area (Å²) < 4.78 is 13.5. The molecule has 1 aromatic carbocycles. The van der Waals surface area contributed by atoms with E-state index >= 15 is 0 Å². The Labute approximate surface area is 91.8 Å². The Hall–Kier alpha value is -1.55. The summed E-state index contributed by atoms with van der Waals surface area (Å²) >= 11 is 4.98. The van der Waals surface area contributed by atoms with E-state index in [4.69, 9.17) is 12.2 Å². The lowest BCUT2D eigenvalue weighted by molar-refractivity contribution is 0.627. The van der Waals surface area contributed by atoms with Gasteiger partial charge in [0.05, 0.1) is 6.20 Å². The molecule has 1 heterocycles. The number of hydrogen-bond acceptors (Lipinski definition) is 2. The van der Waals surface area contributed by atoms with Crippen LogP contribution in [-0.4, -0.2) is 10.2 Å². The Balaban J connectivity index is 2.59. The normalized spacial score (nSPS) is 10.3. The van der Waals surface area contributed by atoms with Gasteiger partial charge in [-0.15, -0.1) is 0 Å². The molecule has 1 aromatic heterocycles. The molecule has 0 aliphatic rings. The molecule has 4 heteroatoms. The number of aromatic nitrogens is 2. The lowest BCUT2D eigenvalue weighted by Gasteiger charge is -2.04. The average Bonchev–Trinajstić information content (AvgIpc) is 2.17. The van der Waals surface area contributed by atoms with Crippen molar-refractivity contribution in [2.24, 2.45) is 0 Å². The number of H-pyrrole nitrogens is 1. The third-order valence-corrected chi connectivity index (χ3v) is 2.37. The minimum absolute atomic E-state index is 0.231. The molecule has 2 aromatic rings. The highest BCUT2D eigenvalue weighted by atomic mass is 32.1. The van der Waals surface area contributed by atoms with Crippen molar-refractivity contribution in [3.63, 3.8) is 0 Å². The molecule has 0 aliphatic heterocycles. The molecule has 2 nitrogen and oxygen atoms in total. The van der Waals surface area contributed by atoms with E-state index in [1.54, 1.807) is 12.3 Å².